The molecule has 1 saturated heterocycles. The van der Waals surface area contributed by atoms with Gasteiger partial charge in [0.05, 0.1) is 13.5 Å². The van der Waals surface area contributed by atoms with Gasteiger partial charge in [0, 0.05) is 19.6 Å². The van der Waals surface area contributed by atoms with Crippen molar-refractivity contribution in [2.75, 3.05) is 40.3 Å². The standard InChI is InChI=1S/C15H22N2O2/c1-16-8-3-9-17(11-10-16)15(18)12-13-4-6-14(19-2)7-5-13/h4-7H,3,8-12H2,1-2H3. The van der Waals surface area contributed by atoms with Gasteiger partial charge >= 0.3 is 0 Å². The third-order valence-corrected chi connectivity index (χ3v) is 3.59. The molecule has 1 aliphatic heterocycles. The molecule has 1 aromatic rings. The van der Waals surface area contributed by atoms with Crippen molar-refractivity contribution in [1.82, 2.24) is 9.80 Å². The molecule has 0 aliphatic carbocycles. The van der Waals surface area contributed by atoms with Gasteiger partial charge in [-0.05, 0) is 37.7 Å². The predicted octanol–water partition coefficient (Wildman–Crippen LogP) is 1.40. The van der Waals surface area contributed by atoms with Crippen molar-refractivity contribution in [1.29, 1.82) is 0 Å². The van der Waals surface area contributed by atoms with Gasteiger partial charge in [0.2, 0.25) is 5.91 Å². The maximum absolute atomic E-state index is 12.3. The van der Waals surface area contributed by atoms with Crippen molar-refractivity contribution in [2.45, 2.75) is 12.8 Å². The molecule has 2 rings (SSSR count). The normalized spacial score (nSPS) is 17.1. The first-order valence-electron chi connectivity index (χ1n) is 6.78. The molecule has 0 spiro atoms. The summed E-state index contributed by atoms with van der Waals surface area (Å²) in [6.07, 6.45) is 1.54. The molecule has 104 valence electrons. The van der Waals surface area contributed by atoms with Crippen molar-refractivity contribution in [2.24, 2.45) is 0 Å². The largest absolute Gasteiger partial charge is 0.497 e. The van der Waals surface area contributed by atoms with Gasteiger partial charge in [0.15, 0.2) is 0 Å². The molecule has 1 aromatic carbocycles. The van der Waals surface area contributed by atoms with Crippen LogP contribution < -0.4 is 4.74 Å². The van der Waals surface area contributed by atoms with E-state index in [1.54, 1.807) is 7.11 Å². The first kappa shape index (κ1) is 13.9. The molecule has 1 aliphatic rings. The average Bonchev–Trinajstić information content (AvgIpc) is 2.64. The van der Waals surface area contributed by atoms with Gasteiger partial charge in [-0.3, -0.25) is 4.79 Å². The van der Waals surface area contributed by atoms with Crippen LogP contribution in [0, 0.1) is 0 Å². The number of rotatable bonds is 3. The fourth-order valence-corrected chi connectivity index (χ4v) is 2.33. The van der Waals surface area contributed by atoms with Crippen LogP contribution in [0.5, 0.6) is 5.75 Å². The van der Waals surface area contributed by atoms with Crippen molar-refractivity contribution < 1.29 is 9.53 Å². The topological polar surface area (TPSA) is 32.8 Å². The summed E-state index contributed by atoms with van der Waals surface area (Å²) in [4.78, 5) is 16.5. The molecule has 0 radical (unpaired) electrons. The number of hydrogen-bond donors (Lipinski definition) is 0. The van der Waals surface area contributed by atoms with Gasteiger partial charge in [0.1, 0.15) is 5.75 Å². The van der Waals surface area contributed by atoms with E-state index in [1.165, 1.54) is 0 Å². The second-order valence-corrected chi connectivity index (χ2v) is 5.06. The number of hydrogen-bond acceptors (Lipinski definition) is 3. The van der Waals surface area contributed by atoms with Gasteiger partial charge < -0.3 is 14.5 Å². The van der Waals surface area contributed by atoms with E-state index in [-0.39, 0.29) is 5.91 Å². The summed E-state index contributed by atoms with van der Waals surface area (Å²) >= 11 is 0. The van der Waals surface area contributed by atoms with Crippen molar-refractivity contribution >= 4 is 5.91 Å². The minimum Gasteiger partial charge on any atom is -0.497 e. The summed E-state index contributed by atoms with van der Waals surface area (Å²) in [7, 11) is 3.76. The Kier molecular flexibility index (Phi) is 4.80. The number of carbonyl (C=O) groups is 1. The highest BCUT2D eigenvalue weighted by Gasteiger charge is 2.17. The maximum Gasteiger partial charge on any atom is 0.227 e. The molecule has 0 saturated carbocycles. The summed E-state index contributed by atoms with van der Waals surface area (Å²) in [5, 5.41) is 0. The Balaban J connectivity index is 1.92. The summed E-state index contributed by atoms with van der Waals surface area (Å²) in [6.45, 7) is 3.76. The van der Waals surface area contributed by atoms with Crippen LogP contribution in [0.1, 0.15) is 12.0 Å². The Bertz CT molecular complexity index is 417. The third-order valence-electron chi connectivity index (χ3n) is 3.59. The van der Waals surface area contributed by atoms with Crippen LogP contribution in [0.2, 0.25) is 0 Å². The van der Waals surface area contributed by atoms with E-state index in [0.717, 1.165) is 43.9 Å². The van der Waals surface area contributed by atoms with E-state index >= 15 is 0 Å². The first-order chi connectivity index (χ1) is 9.19. The molecule has 0 atom stereocenters. The maximum atomic E-state index is 12.3. The summed E-state index contributed by atoms with van der Waals surface area (Å²) < 4.78 is 5.12. The molecule has 0 bridgehead atoms. The second kappa shape index (κ2) is 6.57. The highest BCUT2D eigenvalue weighted by molar-refractivity contribution is 5.78. The van der Waals surface area contributed by atoms with Gasteiger partial charge in [0.25, 0.3) is 0 Å². The lowest BCUT2D eigenvalue weighted by atomic mass is 10.1. The number of amides is 1. The number of benzene rings is 1. The van der Waals surface area contributed by atoms with Crippen LogP contribution in [0.15, 0.2) is 24.3 Å². The Hall–Kier alpha value is -1.55. The van der Waals surface area contributed by atoms with Crippen molar-refractivity contribution in [3.8, 4) is 5.75 Å². The summed E-state index contributed by atoms with van der Waals surface area (Å²) in [6, 6.07) is 7.72. The van der Waals surface area contributed by atoms with E-state index in [0.29, 0.717) is 6.42 Å². The van der Waals surface area contributed by atoms with Gasteiger partial charge in [-0.1, -0.05) is 12.1 Å². The molecule has 4 heteroatoms. The van der Waals surface area contributed by atoms with Gasteiger partial charge in [-0.25, -0.2) is 0 Å². The van der Waals surface area contributed by atoms with Crippen LogP contribution in [0.3, 0.4) is 0 Å². The number of carbonyl (C=O) groups excluding carboxylic acids is 1. The minimum absolute atomic E-state index is 0.223. The fourth-order valence-electron chi connectivity index (χ4n) is 2.33. The Morgan fingerprint density at radius 2 is 1.89 bits per heavy atom. The van der Waals surface area contributed by atoms with E-state index in [4.69, 9.17) is 4.74 Å². The zero-order chi connectivity index (χ0) is 13.7. The fraction of sp³-hybridized carbons (Fsp3) is 0.533. The molecular formula is C15H22N2O2. The van der Waals surface area contributed by atoms with Crippen LogP contribution in [0.25, 0.3) is 0 Å². The van der Waals surface area contributed by atoms with Crippen LogP contribution >= 0.6 is 0 Å². The SMILES string of the molecule is COc1ccc(CC(=O)N2CCCN(C)CC2)cc1. The molecule has 0 aromatic heterocycles. The third kappa shape index (κ3) is 3.96. The van der Waals surface area contributed by atoms with E-state index in [2.05, 4.69) is 11.9 Å². The van der Waals surface area contributed by atoms with Gasteiger partial charge in [-0.15, -0.1) is 0 Å². The highest BCUT2D eigenvalue weighted by atomic mass is 16.5. The number of ether oxygens (including phenoxy) is 1. The zero-order valence-corrected chi connectivity index (χ0v) is 11.8. The first-order valence-corrected chi connectivity index (χ1v) is 6.78. The van der Waals surface area contributed by atoms with Crippen LogP contribution in [0.4, 0.5) is 0 Å². The average molecular weight is 262 g/mol. The van der Waals surface area contributed by atoms with Crippen LogP contribution in [-0.4, -0.2) is 56.0 Å². The molecule has 0 unspecified atom stereocenters. The smallest absolute Gasteiger partial charge is 0.227 e. The quantitative estimate of drug-likeness (QED) is 0.825. The lowest BCUT2D eigenvalue weighted by Crippen LogP contribution is -2.35. The molecule has 1 fully saturated rings. The molecule has 0 N–H and O–H groups in total. The summed E-state index contributed by atoms with van der Waals surface area (Å²) in [5.41, 5.74) is 1.04. The van der Waals surface area contributed by atoms with Crippen molar-refractivity contribution in [3.63, 3.8) is 0 Å². The molecule has 19 heavy (non-hydrogen) atoms. The number of nitrogens with zero attached hydrogens (tertiary/aromatic N) is 2. The Labute approximate surface area is 115 Å². The lowest BCUT2D eigenvalue weighted by Gasteiger charge is -2.20. The van der Waals surface area contributed by atoms with Crippen molar-refractivity contribution in [3.05, 3.63) is 29.8 Å². The minimum atomic E-state index is 0.223. The molecule has 4 nitrogen and oxygen atoms in total. The van der Waals surface area contributed by atoms with E-state index in [1.807, 2.05) is 29.2 Å². The Morgan fingerprint density at radius 1 is 1.16 bits per heavy atom. The monoisotopic (exact) mass is 262 g/mol. The molecule has 1 heterocycles. The summed E-state index contributed by atoms with van der Waals surface area (Å²) in [5.74, 6) is 1.05. The lowest BCUT2D eigenvalue weighted by molar-refractivity contribution is -0.130. The predicted molar refractivity (Wildman–Crippen MR) is 75.4 cm³/mol. The molecular weight excluding hydrogens is 240 g/mol. The van der Waals surface area contributed by atoms with Gasteiger partial charge in [-0.2, -0.15) is 0 Å². The Morgan fingerprint density at radius 3 is 2.58 bits per heavy atom. The number of likely N-dealkylation sites (N-methyl/N-ethyl adjacent to an activating group) is 1. The highest BCUT2D eigenvalue weighted by Crippen LogP contribution is 2.13. The molecule has 1 amide bonds. The number of methoxy groups -OCH3 is 1. The van der Waals surface area contributed by atoms with E-state index < -0.39 is 0 Å². The second-order valence-electron chi connectivity index (χ2n) is 5.06. The van der Waals surface area contributed by atoms with Crippen LogP contribution in [-0.2, 0) is 11.2 Å². The van der Waals surface area contributed by atoms with E-state index in [9.17, 15) is 4.79 Å². The zero-order valence-electron chi connectivity index (χ0n) is 11.8.